The van der Waals surface area contributed by atoms with E-state index in [1.165, 1.54) is 17.7 Å². The van der Waals surface area contributed by atoms with E-state index in [4.69, 9.17) is 0 Å². The SMILES string of the molecule is CCc1ccc(N2C(=N)/C(=C(/O)c3ccccc3)C(c3ccc(F)cc3)C3=C2CCCC3=O)cc1. The van der Waals surface area contributed by atoms with Gasteiger partial charge in [0.25, 0.3) is 0 Å². The number of anilines is 1. The largest absolute Gasteiger partial charge is 0.507 e. The Morgan fingerprint density at radius 2 is 1.69 bits per heavy atom. The van der Waals surface area contributed by atoms with Crippen molar-refractivity contribution in [3.8, 4) is 0 Å². The van der Waals surface area contributed by atoms with Crippen LogP contribution in [-0.2, 0) is 11.2 Å². The van der Waals surface area contributed by atoms with Crippen LogP contribution in [0.3, 0.4) is 0 Å². The van der Waals surface area contributed by atoms with E-state index in [0.29, 0.717) is 41.5 Å². The first-order valence-electron chi connectivity index (χ1n) is 12.0. The number of halogens is 1. The molecule has 35 heavy (non-hydrogen) atoms. The maximum Gasteiger partial charge on any atom is 0.161 e. The molecule has 1 aliphatic carbocycles. The van der Waals surface area contributed by atoms with E-state index < -0.39 is 5.92 Å². The number of carbonyl (C=O) groups is 1. The van der Waals surface area contributed by atoms with Gasteiger partial charge in [-0.3, -0.25) is 15.1 Å². The summed E-state index contributed by atoms with van der Waals surface area (Å²) in [5.74, 6) is -0.957. The van der Waals surface area contributed by atoms with Crippen LogP contribution in [0.5, 0.6) is 0 Å². The normalized spacial score (nSPS) is 19.6. The summed E-state index contributed by atoms with van der Waals surface area (Å²) in [4.78, 5) is 15.2. The molecule has 5 heteroatoms. The fourth-order valence-corrected chi connectivity index (χ4v) is 5.10. The number of benzene rings is 3. The third-order valence-corrected chi connectivity index (χ3v) is 6.86. The highest BCUT2D eigenvalue weighted by Gasteiger charge is 2.43. The lowest BCUT2D eigenvalue weighted by atomic mass is 9.73. The van der Waals surface area contributed by atoms with Gasteiger partial charge < -0.3 is 5.11 Å². The molecule has 0 fully saturated rings. The van der Waals surface area contributed by atoms with Gasteiger partial charge in [-0.25, -0.2) is 4.39 Å². The van der Waals surface area contributed by atoms with Crippen LogP contribution < -0.4 is 4.90 Å². The fraction of sp³-hybridized carbons (Fsp3) is 0.200. The van der Waals surface area contributed by atoms with Crippen molar-refractivity contribution in [1.82, 2.24) is 0 Å². The number of rotatable bonds is 4. The third-order valence-electron chi connectivity index (χ3n) is 6.86. The predicted molar refractivity (Wildman–Crippen MR) is 137 cm³/mol. The Balaban J connectivity index is 1.80. The minimum atomic E-state index is -0.655. The lowest BCUT2D eigenvalue weighted by molar-refractivity contribution is -0.116. The minimum Gasteiger partial charge on any atom is -0.507 e. The number of carbonyl (C=O) groups excluding carboxylic acids is 1. The molecule has 5 rings (SSSR count). The quantitative estimate of drug-likeness (QED) is 0.409. The summed E-state index contributed by atoms with van der Waals surface area (Å²) >= 11 is 0. The zero-order valence-electron chi connectivity index (χ0n) is 19.6. The maximum atomic E-state index is 13.8. The molecule has 0 amide bonds. The third kappa shape index (κ3) is 4.08. The number of aliphatic hydroxyl groups is 1. The van der Waals surface area contributed by atoms with Crippen LogP contribution >= 0.6 is 0 Å². The maximum absolute atomic E-state index is 13.8. The van der Waals surface area contributed by atoms with Crippen molar-refractivity contribution in [2.24, 2.45) is 0 Å². The molecular formula is C30H27FN2O2. The number of nitrogens with one attached hydrogen (secondary N) is 1. The number of nitrogens with zero attached hydrogens (tertiary/aromatic N) is 1. The van der Waals surface area contributed by atoms with Crippen molar-refractivity contribution in [3.05, 3.63) is 118 Å². The summed E-state index contributed by atoms with van der Waals surface area (Å²) in [7, 11) is 0. The molecule has 0 radical (unpaired) electrons. The molecule has 0 bridgehead atoms. The van der Waals surface area contributed by atoms with E-state index in [0.717, 1.165) is 17.8 Å². The van der Waals surface area contributed by atoms with Gasteiger partial charge in [-0.1, -0.05) is 61.5 Å². The molecule has 3 aromatic rings. The average molecular weight is 467 g/mol. The minimum absolute atomic E-state index is 0.00150. The number of aryl methyl sites for hydroxylation is 1. The molecule has 1 aliphatic heterocycles. The van der Waals surface area contributed by atoms with Gasteiger partial charge in [0, 0.05) is 40.4 Å². The molecule has 0 aromatic heterocycles. The van der Waals surface area contributed by atoms with Crippen LogP contribution in [0.25, 0.3) is 5.76 Å². The van der Waals surface area contributed by atoms with Crippen LogP contribution in [0, 0.1) is 11.2 Å². The van der Waals surface area contributed by atoms with Gasteiger partial charge in [-0.2, -0.15) is 0 Å². The van der Waals surface area contributed by atoms with Crippen molar-refractivity contribution in [2.45, 2.75) is 38.5 Å². The smallest absolute Gasteiger partial charge is 0.161 e. The van der Waals surface area contributed by atoms with Gasteiger partial charge in [-0.05, 0) is 54.7 Å². The van der Waals surface area contributed by atoms with E-state index >= 15 is 0 Å². The second-order valence-electron chi connectivity index (χ2n) is 8.95. The molecule has 2 aliphatic rings. The summed E-state index contributed by atoms with van der Waals surface area (Å²) in [6.45, 7) is 2.09. The molecule has 1 heterocycles. The summed E-state index contributed by atoms with van der Waals surface area (Å²) in [5, 5.41) is 20.8. The zero-order valence-corrected chi connectivity index (χ0v) is 19.6. The van der Waals surface area contributed by atoms with Crippen molar-refractivity contribution in [2.75, 3.05) is 4.90 Å². The van der Waals surface area contributed by atoms with Crippen molar-refractivity contribution < 1.29 is 14.3 Å². The van der Waals surface area contributed by atoms with Crippen molar-refractivity contribution in [1.29, 1.82) is 5.41 Å². The van der Waals surface area contributed by atoms with Crippen LogP contribution in [0.1, 0.15) is 48.8 Å². The molecule has 0 spiro atoms. The van der Waals surface area contributed by atoms with Gasteiger partial charge in [0.2, 0.25) is 0 Å². The first kappa shape index (κ1) is 22.8. The molecule has 1 unspecified atom stereocenters. The Morgan fingerprint density at radius 1 is 1.00 bits per heavy atom. The molecule has 3 aromatic carbocycles. The number of Topliss-reactive ketones (excluding diaryl/α,β-unsaturated/α-hetero) is 1. The highest BCUT2D eigenvalue weighted by Crippen LogP contribution is 2.47. The van der Waals surface area contributed by atoms with Gasteiger partial charge in [0.15, 0.2) is 5.78 Å². The standard InChI is InChI=1S/C30H27FN2O2/c1-2-19-11-17-23(18-12-19)33-24-9-6-10-25(34)27(24)26(20-13-15-22(31)16-14-20)28(30(33)32)29(35)21-7-4-3-5-8-21/h3-5,7-8,11-18,26,32,35H,2,6,9-10H2,1H3/b29-28+,32-30?. The summed E-state index contributed by atoms with van der Waals surface area (Å²) in [6.07, 6.45) is 2.66. The van der Waals surface area contributed by atoms with Crippen LogP contribution in [-0.4, -0.2) is 16.7 Å². The van der Waals surface area contributed by atoms with Gasteiger partial charge >= 0.3 is 0 Å². The van der Waals surface area contributed by atoms with Crippen LogP contribution in [0.4, 0.5) is 10.1 Å². The molecular weight excluding hydrogens is 439 g/mol. The van der Waals surface area contributed by atoms with Crippen molar-refractivity contribution in [3.63, 3.8) is 0 Å². The predicted octanol–water partition coefficient (Wildman–Crippen LogP) is 6.95. The summed E-state index contributed by atoms with van der Waals surface area (Å²) in [5.41, 5.74) is 4.91. The van der Waals surface area contributed by atoms with Gasteiger partial charge in [0.05, 0.1) is 0 Å². The Kier molecular flexibility index (Phi) is 6.08. The Hall–Kier alpha value is -3.99. The number of ketones is 1. The van der Waals surface area contributed by atoms with Crippen LogP contribution in [0.2, 0.25) is 0 Å². The monoisotopic (exact) mass is 466 g/mol. The Labute approximate surface area is 204 Å². The van der Waals surface area contributed by atoms with E-state index in [1.807, 2.05) is 42.5 Å². The summed E-state index contributed by atoms with van der Waals surface area (Å²) in [6, 6.07) is 23.1. The average Bonchev–Trinajstić information content (AvgIpc) is 2.89. The van der Waals surface area contributed by atoms with E-state index in [9.17, 15) is 19.7 Å². The second-order valence-corrected chi connectivity index (χ2v) is 8.95. The number of amidine groups is 1. The first-order chi connectivity index (χ1) is 17.0. The van der Waals surface area contributed by atoms with Crippen molar-refractivity contribution >= 4 is 23.1 Å². The Morgan fingerprint density at radius 3 is 2.34 bits per heavy atom. The zero-order chi connectivity index (χ0) is 24.5. The lowest BCUT2D eigenvalue weighted by Gasteiger charge is -2.41. The molecule has 0 saturated heterocycles. The van der Waals surface area contributed by atoms with E-state index in [-0.39, 0.29) is 23.2 Å². The Bertz CT molecular complexity index is 1340. The second kappa shape index (κ2) is 9.34. The van der Waals surface area contributed by atoms with Gasteiger partial charge in [-0.15, -0.1) is 0 Å². The number of aliphatic hydroxyl groups excluding tert-OH is 1. The topological polar surface area (TPSA) is 64.4 Å². The number of allylic oxidation sites excluding steroid dienone is 2. The molecule has 0 saturated carbocycles. The van der Waals surface area contributed by atoms with E-state index in [2.05, 4.69) is 6.92 Å². The fourth-order valence-electron chi connectivity index (χ4n) is 5.10. The highest BCUT2D eigenvalue weighted by atomic mass is 19.1. The molecule has 176 valence electrons. The number of hydrogen-bond acceptors (Lipinski definition) is 3. The molecule has 2 N–H and O–H groups in total. The lowest BCUT2D eigenvalue weighted by Crippen LogP contribution is -2.42. The highest BCUT2D eigenvalue weighted by molar-refractivity contribution is 6.19. The molecule has 1 atom stereocenters. The van der Waals surface area contributed by atoms with Gasteiger partial charge in [0.1, 0.15) is 17.4 Å². The van der Waals surface area contributed by atoms with E-state index in [1.54, 1.807) is 29.2 Å². The first-order valence-corrected chi connectivity index (χ1v) is 12.0. The molecule has 4 nitrogen and oxygen atoms in total. The van der Waals surface area contributed by atoms with Crippen LogP contribution in [0.15, 0.2) is 95.7 Å². The summed E-state index contributed by atoms with van der Waals surface area (Å²) < 4.78 is 13.8. The number of hydrogen-bond donors (Lipinski definition) is 2.